The van der Waals surface area contributed by atoms with Crippen LogP contribution in [-0.2, 0) is 0 Å². The summed E-state index contributed by atoms with van der Waals surface area (Å²) in [5.74, 6) is 0.200. The van der Waals surface area contributed by atoms with Gasteiger partial charge in [-0.3, -0.25) is 4.79 Å². The van der Waals surface area contributed by atoms with Gasteiger partial charge in [-0.15, -0.1) is 0 Å². The molecule has 1 N–H and O–H groups in total. The van der Waals surface area contributed by atoms with Crippen LogP contribution in [0.2, 0.25) is 0 Å². The maximum Gasteiger partial charge on any atom is 0.317 e. The summed E-state index contributed by atoms with van der Waals surface area (Å²) in [6.07, 6.45) is 3.18. The average molecular weight is 224 g/mol. The van der Waals surface area contributed by atoms with Crippen LogP contribution < -0.4 is 10.3 Å². The van der Waals surface area contributed by atoms with Crippen molar-refractivity contribution >= 4 is 0 Å². The molecule has 1 aromatic rings. The Kier molecular flexibility index (Phi) is 4.10. The molecule has 16 heavy (non-hydrogen) atoms. The van der Waals surface area contributed by atoms with E-state index in [0.717, 1.165) is 23.3 Å². The van der Waals surface area contributed by atoms with E-state index in [2.05, 4.69) is 4.98 Å². The lowest BCUT2D eigenvalue weighted by atomic mass is 10.0. The zero-order valence-electron chi connectivity index (χ0n) is 10.4. The topological polar surface area (TPSA) is 59.8 Å². The summed E-state index contributed by atoms with van der Waals surface area (Å²) < 4.78 is 0.731. The Labute approximate surface area is 95.9 Å². The molecule has 0 aliphatic heterocycles. The SMILES string of the molecule is CCC(C)c1c[n+]([O-])c(C(C)CC)c(=O)[nH]1. The predicted molar refractivity (Wildman–Crippen MR) is 63.4 cm³/mol. The zero-order chi connectivity index (χ0) is 12.3. The van der Waals surface area contributed by atoms with Gasteiger partial charge in [-0.05, 0) is 12.8 Å². The van der Waals surface area contributed by atoms with Crippen molar-refractivity contribution < 1.29 is 4.73 Å². The molecule has 1 aromatic heterocycles. The van der Waals surface area contributed by atoms with Gasteiger partial charge in [0.15, 0.2) is 6.20 Å². The van der Waals surface area contributed by atoms with E-state index in [-0.39, 0.29) is 17.4 Å². The second-order valence-electron chi connectivity index (χ2n) is 4.37. The molecule has 1 heterocycles. The summed E-state index contributed by atoms with van der Waals surface area (Å²) >= 11 is 0. The first-order chi connectivity index (χ1) is 7.51. The van der Waals surface area contributed by atoms with Crippen LogP contribution in [0.1, 0.15) is 63.8 Å². The van der Waals surface area contributed by atoms with Gasteiger partial charge in [0.05, 0.1) is 5.69 Å². The van der Waals surface area contributed by atoms with E-state index in [0.29, 0.717) is 5.69 Å². The summed E-state index contributed by atoms with van der Waals surface area (Å²) in [4.78, 5) is 14.6. The van der Waals surface area contributed by atoms with Crippen molar-refractivity contribution in [3.05, 3.63) is 33.1 Å². The lowest BCUT2D eigenvalue weighted by Gasteiger charge is -2.12. The molecule has 0 bridgehead atoms. The van der Waals surface area contributed by atoms with Crippen molar-refractivity contribution in [1.29, 1.82) is 0 Å². The van der Waals surface area contributed by atoms with E-state index < -0.39 is 0 Å². The first-order valence-electron chi connectivity index (χ1n) is 5.87. The van der Waals surface area contributed by atoms with Crippen molar-refractivity contribution in [2.24, 2.45) is 0 Å². The third-order valence-corrected chi connectivity index (χ3v) is 3.21. The largest absolute Gasteiger partial charge is 0.618 e. The van der Waals surface area contributed by atoms with Crippen LogP contribution in [0, 0.1) is 5.21 Å². The molecule has 0 fully saturated rings. The third kappa shape index (κ3) is 2.43. The summed E-state index contributed by atoms with van der Waals surface area (Å²) in [6, 6.07) is 0. The second kappa shape index (κ2) is 5.14. The summed E-state index contributed by atoms with van der Waals surface area (Å²) in [5, 5.41) is 11.8. The van der Waals surface area contributed by atoms with E-state index in [4.69, 9.17) is 0 Å². The molecule has 0 amide bonds. The second-order valence-corrected chi connectivity index (χ2v) is 4.37. The smallest absolute Gasteiger partial charge is 0.317 e. The quantitative estimate of drug-likeness (QED) is 0.628. The number of nitrogens with one attached hydrogen (secondary N) is 1. The van der Waals surface area contributed by atoms with Crippen LogP contribution in [0.4, 0.5) is 0 Å². The molecule has 0 aliphatic carbocycles. The highest BCUT2D eigenvalue weighted by atomic mass is 16.5. The van der Waals surface area contributed by atoms with Gasteiger partial charge in [0.25, 0.3) is 5.69 Å². The zero-order valence-corrected chi connectivity index (χ0v) is 10.4. The number of hydrogen-bond donors (Lipinski definition) is 1. The fourth-order valence-electron chi connectivity index (χ4n) is 1.63. The molecule has 0 saturated carbocycles. The van der Waals surface area contributed by atoms with Crippen LogP contribution in [0.5, 0.6) is 0 Å². The molecule has 1 rings (SSSR count). The fourth-order valence-corrected chi connectivity index (χ4v) is 1.63. The average Bonchev–Trinajstić information content (AvgIpc) is 2.26. The molecule has 2 atom stereocenters. The number of nitrogens with zero attached hydrogens (tertiary/aromatic N) is 1. The lowest BCUT2D eigenvalue weighted by molar-refractivity contribution is -0.617. The Bertz CT molecular complexity index is 412. The third-order valence-electron chi connectivity index (χ3n) is 3.21. The predicted octanol–water partition coefficient (Wildman–Crippen LogP) is 2.04. The van der Waals surface area contributed by atoms with Crippen LogP contribution in [0.3, 0.4) is 0 Å². The minimum Gasteiger partial charge on any atom is -0.618 e. The highest BCUT2D eigenvalue weighted by Crippen LogP contribution is 2.15. The Morgan fingerprint density at radius 2 is 1.88 bits per heavy atom. The van der Waals surface area contributed by atoms with Crippen LogP contribution in [0.15, 0.2) is 11.0 Å². The van der Waals surface area contributed by atoms with Crippen LogP contribution in [-0.4, -0.2) is 4.98 Å². The minimum absolute atomic E-state index is 0.00719. The molecule has 0 radical (unpaired) electrons. The first kappa shape index (κ1) is 12.7. The Morgan fingerprint density at radius 1 is 1.31 bits per heavy atom. The van der Waals surface area contributed by atoms with Crippen molar-refractivity contribution in [2.45, 2.75) is 52.4 Å². The molecule has 0 spiro atoms. The maximum atomic E-state index is 11.8. The van der Waals surface area contributed by atoms with Gasteiger partial charge >= 0.3 is 5.56 Å². The normalized spacial score (nSPS) is 14.8. The molecule has 90 valence electrons. The van der Waals surface area contributed by atoms with Gasteiger partial charge in [0.1, 0.15) is 0 Å². The van der Waals surface area contributed by atoms with Gasteiger partial charge in [-0.2, -0.15) is 4.73 Å². The Balaban J connectivity index is 3.23. The van der Waals surface area contributed by atoms with Crippen molar-refractivity contribution in [2.75, 3.05) is 0 Å². The summed E-state index contributed by atoms with van der Waals surface area (Å²) in [7, 11) is 0. The molecule has 0 saturated heterocycles. The van der Waals surface area contributed by atoms with Gasteiger partial charge in [0, 0.05) is 11.8 Å². The fraction of sp³-hybridized carbons (Fsp3) is 0.667. The van der Waals surface area contributed by atoms with Gasteiger partial charge in [-0.1, -0.05) is 27.7 Å². The van der Waals surface area contributed by atoms with E-state index >= 15 is 0 Å². The summed E-state index contributed by atoms with van der Waals surface area (Å²) in [5.41, 5.74) is 0.784. The molecular weight excluding hydrogens is 204 g/mol. The molecule has 4 heteroatoms. The van der Waals surface area contributed by atoms with Crippen molar-refractivity contribution in [3.8, 4) is 0 Å². The summed E-state index contributed by atoms with van der Waals surface area (Å²) in [6.45, 7) is 7.88. The van der Waals surface area contributed by atoms with E-state index in [9.17, 15) is 10.0 Å². The monoisotopic (exact) mass is 224 g/mol. The standard InChI is InChI=1S/C12H20N2O2/c1-5-8(3)10-7-14(16)11(9(4)6-2)12(15)13-10/h7-9H,5-6H2,1-4H3,(H,13,15). The van der Waals surface area contributed by atoms with Crippen molar-refractivity contribution in [1.82, 2.24) is 4.98 Å². The van der Waals surface area contributed by atoms with Crippen LogP contribution in [0.25, 0.3) is 0 Å². The molecule has 0 aliphatic rings. The number of aromatic nitrogens is 2. The highest BCUT2D eigenvalue weighted by molar-refractivity contribution is 5.04. The number of aromatic amines is 1. The number of hydrogen-bond acceptors (Lipinski definition) is 2. The number of rotatable bonds is 4. The molecular formula is C12H20N2O2. The lowest BCUT2D eigenvalue weighted by Crippen LogP contribution is -2.41. The van der Waals surface area contributed by atoms with Gasteiger partial charge < -0.3 is 10.2 Å². The van der Waals surface area contributed by atoms with Crippen LogP contribution >= 0.6 is 0 Å². The van der Waals surface area contributed by atoms with E-state index in [1.807, 2.05) is 27.7 Å². The molecule has 4 nitrogen and oxygen atoms in total. The molecule has 2 unspecified atom stereocenters. The molecule has 0 aromatic carbocycles. The van der Waals surface area contributed by atoms with Gasteiger partial charge in [0.2, 0.25) is 0 Å². The number of H-pyrrole nitrogens is 1. The Hall–Kier alpha value is -1.32. The van der Waals surface area contributed by atoms with E-state index in [1.54, 1.807) is 0 Å². The van der Waals surface area contributed by atoms with Gasteiger partial charge in [-0.25, -0.2) is 0 Å². The van der Waals surface area contributed by atoms with E-state index in [1.165, 1.54) is 6.20 Å². The minimum atomic E-state index is -0.248. The van der Waals surface area contributed by atoms with Crippen molar-refractivity contribution in [3.63, 3.8) is 0 Å². The highest BCUT2D eigenvalue weighted by Gasteiger charge is 2.20. The maximum absolute atomic E-state index is 11.8. The Morgan fingerprint density at radius 3 is 2.31 bits per heavy atom. The first-order valence-corrected chi connectivity index (χ1v) is 5.87.